The first kappa shape index (κ1) is 29.4. The molecular weight excluding hydrogens is 603 g/mol. The largest absolute Gasteiger partial charge is 0.493 e. The Balaban J connectivity index is 1.64. The van der Waals surface area contributed by atoms with Crippen LogP contribution in [0.5, 0.6) is 11.5 Å². The van der Waals surface area contributed by atoms with E-state index in [9.17, 15) is 14.4 Å². The molecule has 4 aromatic rings. The monoisotopic (exact) mass is 626 g/mol. The van der Waals surface area contributed by atoms with E-state index in [0.717, 1.165) is 16.9 Å². The Kier molecular flexibility index (Phi) is 8.40. The average Bonchev–Trinajstić information content (AvgIpc) is 3.53. The molecule has 5 rings (SSSR count). The lowest BCUT2D eigenvalue weighted by molar-refractivity contribution is -0.139. The fourth-order valence-electron chi connectivity index (χ4n) is 4.56. The molecule has 1 aliphatic heterocycles. The third kappa shape index (κ3) is 5.65. The van der Waals surface area contributed by atoms with Crippen LogP contribution in [0.4, 0.5) is 0 Å². The van der Waals surface area contributed by atoms with Crippen LogP contribution in [0, 0.1) is 0 Å². The van der Waals surface area contributed by atoms with Crippen molar-refractivity contribution < 1.29 is 28.2 Å². The standard InChI is InChI=1S/C30H24Cl2N2O7S/c1-5-39-29(37)26-15(2)33-30-34(27(26)18-7-10-23(40-16(3)35)24(13-18)38-4)28(36)25(42-30)14-19-8-11-22(41-19)17-6-9-20(31)21(32)12-17/h6-14,27H,5H2,1-4H3/b25-14+/t27-/m1/s1. The minimum atomic E-state index is -0.883. The van der Waals surface area contributed by atoms with Gasteiger partial charge in [0.2, 0.25) is 0 Å². The van der Waals surface area contributed by atoms with E-state index in [-0.39, 0.29) is 29.2 Å². The van der Waals surface area contributed by atoms with E-state index in [1.165, 1.54) is 18.6 Å². The van der Waals surface area contributed by atoms with Crippen LogP contribution < -0.4 is 24.4 Å². The van der Waals surface area contributed by atoms with E-state index in [2.05, 4.69) is 4.99 Å². The number of fused-ring (bicyclic) bond motifs is 1. The van der Waals surface area contributed by atoms with E-state index in [0.29, 0.717) is 42.2 Å². The van der Waals surface area contributed by atoms with Gasteiger partial charge in [-0.25, -0.2) is 9.79 Å². The number of furan rings is 1. The molecular formula is C30H24Cl2N2O7S. The molecule has 9 nitrogen and oxygen atoms in total. The zero-order chi connectivity index (χ0) is 30.1. The number of halogens is 2. The van der Waals surface area contributed by atoms with Crippen molar-refractivity contribution in [2.75, 3.05) is 13.7 Å². The van der Waals surface area contributed by atoms with Crippen LogP contribution in [0.3, 0.4) is 0 Å². The Morgan fingerprint density at radius 2 is 1.88 bits per heavy atom. The molecule has 0 amide bonds. The summed E-state index contributed by atoms with van der Waals surface area (Å²) >= 11 is 13.4. The molecule has 0 bridgehead atoms. The highest BCUT2D eigenvalue weighted by Crippen LogP contribution is 2.36. The van der Waals surface area contributed by atoms with Crippen molar-refractivity contribution in [1.29, 1.82) is 0 Å². The smallest absolute Gasteiger partial charge is 0.338 e. The van der Waals surface area contributed by atoms with Crippen molar-refractivity contribution in [3.8, 4) is 22.8 Å². The molecule has 2 aromatic carbocycles. The van der Waals surface area contributed by atoms with Crippen LogP contribution in [0.15, 0.2) is 74.0 Å². The van der Waals surface area contributed by atoms with Crippen LogP contribution in [0.1, 0.15) is 38.1 Å². The summed E-state index contributed by atoms with van der Waals surface area (Å²) in [6, 6.07) is 12.6. The highest BCUT2D eigenvalue weighted by atomic mass is 35.5. The Morgan fingerprint density at radius 1 is 1.10 bits per heavy atom. The molecule has 1 aliphatic rings. The lowest BCUT2D eigenvalue weighted by Gasteiger charge is -2.25. The third-order valence-electron chi connectivity index (χ3n) is 6.38. The van der Waals surface area contributed by atoms with E-state index in [1.807, 2.05) is 0 Å². The first-order chi connectivity index (χ1) is 20.1. The van der Waals surface area contributed by atoms with Crippen LogP contribution in [0.2, 0.25) is 10.0 Å². The van der Waals surface area contributed by atoms with Gasteiger partial charge in [-0.05, 0) is 61.9 Å². The molecule has 0 saturated carbocycles. The molecule has 0 aliphatic carbocycles. The number of esters is 2. The minimum absolute atomic E-state index is 0.140. The highest BCUT2D eigenvalue weighted by molar-refractivity contribution is 7.07. The first-order valence-electron chi connectivity index (χ1n) is 12.7. The molecule has 216 valence electrons. The lowest BCUT2D eigenvalue weighted by Crippen LogP contribution is -2.39. The zero-order valence-electron chi connectivity index (χ0n) is 22.9. The molecule has 0 spiro atoms. The molecule has 0 N–H and O–H groups in total. The highest BCUT2D eigenvalue weighted by Gasteiger charge is 2.34. The van der Waals surface area contributed by atoms with Gasteiger partial charge in [-0.3, -0.25) is 14.2 Å². The van der Waals surface area contributed by atoms with Crippen molar-refractivity contribution in [1.82, 2.24) is 4.57 Å². The van der Waals surface area contributed by atoms with Gasteiger partial charge >= 0.3 is 11.9 Å². The quantitative estimate of drug-likeness (QED) is 0.202. The summed E-state index contributed by atoms with van der Waals surface area (Å²) in [4.78, 5) is 43.6. The fraction of sp³-hybridized carbons (Fsp3) is 0.200. The van der Waals surface area contributed by atoms with Crippen molar-refractivity contribution >= 4 is 52.6 Å². The minimum Gasteiger partial charge on any atom is -0.493 e. The first-order valence-corrected chi connectivity index (χ1v) is 14.3. The molecule has 3 heterocycles. The molecule has 0 unspecified atom stereocenters. The van der Waals surface area contributed by atoms with Gasteiger partial charge in [-0.15, -0.1) is 0 Å². The van der Waals surface area contributed by atoms with Gasteiger partial charge < -0.3 is 18.6 Å². The summed E-state index contributed by atoms with van der Waals surface area (Å²) in [5, 5.41) is 0.824. The SMILES string of the molecule is CCOC(=O)C1=C(C)N=c2s/c(=C/c3ccc(-c4ccc(Cl)c(Cl)c4)o3)c(=O)n2[C@@H]1c1ccc(OC(C)=O)c(OC)c1. The Labute approximate surface area is 253 Å². The lowest BCUT2D eigenvalue weighted by atomic mass is 9.95. The van der Waals surface area contributed by atoms with Gasteiger partial charge in [-0.2, -0.15) is 0 Å². The van der Waals surface area contributed by atoms with Crippen LogP contribution in [0.25, 0.3) is 17.4 Å². The van der Waals surface area contributed by atoms with Crippen LogP contribution in [-0.2, 0) is 14.3 Å². The summed E-state index contributed by atoms with van der Waals surface area (Å²) in [6.07, 6.45) is 1.62. The maximum absolute atomic E-state index is 13.9. The normalized spacial score (nSPS) is 14.8. The van der Waals surface area contributed by atoms with Gasteiger partial charge in [0.25, 0.3) is 5.56 Å². The summed E-state index contributed by atoms with van der Waals surface area (Å²) in [5.74, 6) is 0.330. The van der Waals surface area contributed by atoms with E-state index in [1.54, 1.807) is 68.5 Å². The maximum atomic E-state index is 13.9. The topological polar surface area (TPSA) is 109 Å². The van der Waals surface area contributed by atoms with E-state index < -0.39 is 18.0 Å². The van der Waals surface area contributed by atoms with Crippen molar-refractivity contribution in [2.24, 2.45) is 4.99 Å². The molecule has 1 atom stereocenters. The molecule has 0 radical (unpaired) electrons. The second kappa shape index (κ2) is 12.0. The molecule has 42 heavy (non-hydrogen) atoms. The number of aromatic nitrogens is 1. The third-order valence-corrected chi connectivity index (χ3v) is 8.10. The second-order valence-electron chi connectivity index (χ2n) is 9.14. The number of hydrogen-bond donors (Lipinski definition) is 0. The second-order valence-corrected chi connectivity index (χ2v) is 11.0. The number of benzene rings is 2. The fourth-order valence-corrected chi connectivity index (χ4v) is 5.89. The number of carbonyl (C=O) groups excluding carboxylic acids is 2. The Morgan fingerprint density at radius 3 is 2.57 bits per heavy atom. The Bertz CT molecular complexity index is 1940. The summed E-state index contributed by atoms with van der Waals surface area (Å²) in [5.41, 5.74) is 1.50. The Hall–Kier alpha value is -4.12. The number of rotatable bonds is 7. The molecule has 2 aromatic heterocycles. The molecule has 0 saturated heterocycles. The summed E-state index contributed by atoms with van der Waals surface area (Å²) < 4.78 is 23.8. The predicted molar refractivity (Wildman–Crippen MR) is 159 cm³/mol. The van der Waals surface area contributed by atoms with E-state index >= 15 is 0 Å². The number of allylic oxidation sites excluding steroid dienone is 1. The number of ether oxygens (including phenoxy) is 3. The van der Waals surface area contributed by atoms with E-state index in [4.69, 9.17) is 41.8 Å². The number of nitrogens with zero attached hydrogens (tertiary/aromatic N) is 2. The molecule has 0 fully saturated rings. The predicted octanol–water partition coefficient (Wildman–Crippen LogP) is 5.30. The number of hydrogen-bond acceptors (Lipinski definition) is 9. The summed E-state index contributed by atoms with van der Waals surface area (Å²) in [7, 11) is 1.43. The summed E-state index contributed by atoms with van der Waals surface area (Å²) in [6.45, 7) is 4.81. The van der Waals surface area contributed by atoms with Crippen molar-refractivity contribution in [2.45, 2.75) is 26.8 Å². The molecule has 12 heteroatoms. The maximum Gasteiger partial charge on any atom is 0.338 e. The van der Waals surface area contributed by atoms with Gasteiger partial charge in [0.05, 0.1) is 45.6 Å². The van der Waals surface area contributed by atoms with Crippen LogP contribution >= 0.6 is 34.5 Å². The van der Waals surface area contributed by atoms with Gasteiger partial charge in [0, 0.05) is 18.6 Å². The van der Waals surface area contributed by atoms with Gasteiger partial charge in [0.15, 0.2) is 16.3 Å². The van der Waals surface area contributed by atoms with Gasteiger partial charge in [0.1, 0.15) is 11.5 Å². The average molecular weight is 628 g/mol. The number of thiazole rings is 1. The van der Waals surface area contributed by atoms with Gasteiger partial charge in [-0.1, -0.05) is 40.6 Å². The van der Waals surface area contributed by atoms with Crippen LogP contribution in [-0.4, -0.2) is 30.2 Å². The van der Waals surface area contributed by atoms with Crippen molar-refractivity contribution in [3.63, 3.8) is 0 Å². The number of carbonyl (C=O) groups is 2. The number of methoxy groups -OCH3 is 1. The van der Waals surface area contributed by atoms with Crippen molar-refractivity contribution in [3.05, 3.63) is 101 Å². The zero-order valence-corrected chi connectivity index (χ0v) is 25.2.